The van der Waals surface area contributed by atoms with Crippen LogP contribution in [-0.2, 0) is 0 Å². The molecule has 0 N–H and O–H groups in total. The molecule has 0 atom stereocenters. The maximum Gasteiger partial charge on any atom is 0.164 e. The van der Waals surface area contributed by atoms with Crippen LogP contribution in [0.25, 0.3) is 200 Å². The molecule has 0 unspecified atom stereocenters. The summed E-state index contributed by atoms with van der Waals surface area (Å²) in [5, 5.41) is 8.62. The van der Waals surface area contributed by atoms with E-state index in [-0.39, 0.29) is 0 Å². The van der Waals surface area contributed by atoms with Gasteiger partial charge in [0, 0.05) is 93.4 Å². The number of fused-ring (bicyclic) bond motifs is 12. The second-order valence-corrected chi connectivity index (χ2v) is 25.5. The van der Waals surface area contributed by atoms with Crippen molar-refractivity contribution >= 4 is 87.5 Å². The van der Waals surface area contributed by atoms with E-state index in [2.05, 4.69) is 306 Å². The van der Waals surface area contributed by atoms with Gasteiger partial charge in [0.2, 0.25) is 0 Å². The van der Waals surface area contributed by atoms with Gasteiger partial charge in [0.1, 0.15) is 22.3 Å². The van der Waals surface area contributed by atoms with Crippen LogP contribution in [0.1, 0.15) is 0 Å². The molecule has 8 nitrogen and oxygen atoms in total. The second-order valence-electron chi connectivity index (χ2n) is 25.5. The Hall–Kier alpha value is -13.6. The van der Waals surface area contributed by atoms with Crippen molar-refractivity contribution in [3.8, 4) is 113 Å². The zero-order valence-electron chi connectivity index (χ0n) is 53.8. The Balaban J connectivity index is 0.767. The molecule has 0 saturated heterocycles. The summed E-state index contributed by atoms with van der Waals surface area (Å²) in [6.07, 6.45) is 0. The first-order valence-electron chi connectivity index (χ1n) is 33.8. The molecule has 0 aliphatic carbocycles. The summed E-state index contributed by atoms with van der Waals surface area (Å²) >= 11 is 0. The van der Waals surface area contributed by atoms with Crippen LogP contribution in [0.2, 0.25) is 0 Å². The number of rotatable bonds is 11. The summed E-state index contributed by atoms with van der Waals surface area (Å²) in [5.41, 5.74) is 24.4. The molecular formula is C92H56N6O2. The summed E-state index contributed by atoms with van der Waals surface area (Å²) in [5.74, 6) is 1.13. The number of hydrogen-bond donors (Lipinski definition) is 0. The van der Waals surface area contributed by atoms with Crippen LogP contribution in [0.5, 0.6) is 0 Å². The van der Waals surface area contributed by atoms with Crippen molar-refractivity contribution in [2.45, 2.75) is 0 Å². The smallest absolute Gasteiger partial charge is 0.164 e. The minimum Gasteiger partial charge on any atom is -0.455 e. The summed E-state index contributed by atoms with van der Waals surface area (Å²) in [6.45, 7) is 0. The predicted octanol–water partition coefficient (Wildman–Crippen LogP) is 24.3. The molecule has 0 radical (unpaired) electrons. The van der Waals surface area contributed by atoms with E-state index in [1.54, 1.807) is 0 Å². The Morgan fingerprint density at radius 3 is 1.29 bits per heavy atom. The molecule has 20 rings (SSSR count). The molecule has 0 amide bonds. The summed E-state index contributed by atoms with van der Waals surface area (Å²) < 4.78 is 19.6. The highest BCUT2D eigenvalue weighted by atomic mass is 16.3. The van der Waals surface area contributed by atoms with Crippen LogP contribution in [0.4, 0.5) is 0 Å². The summed E-state index contributed by atoms with van der Waals surface area (Å²) in [4.78, 5) is 21.8. The molecule has 14 aromatic carbocycles. The topological polar surface area (TPSA) is 87.7 Å². The van der Waals surface area contributed by atoms with Crippen molar-refractivity contribution in [2.24, 2.45) is 0 Å². The van der Waals surface area contributed by atoms with Crippen LogP contribution in [-0.4, -0.2) is 29.1 Å². The van der Waals surface area contributed by atoms with Crippen LogP contribution < -0.4 is 0 Å². The molecule has 0 fully saturated rings. The molecule has 0 bridgehead atoms. The van der Waals surface area contributed by atoms with Gasteiger partial charge in [-0.3, -0.25) is 0 Å². The average Bonchev–Trinajstić information content (AvgIpc) is 1.57. The number of aromatic nitrogens is 6. The van der Waals surface area contributed by atoms with Crippen LogP contribution >= 0.6 is 0 Å². The molecule has 0 spiro atoms. The molecule has 466 valence electrons. The third-order valence-corrected chi connectivity index (χ3v) is 19.8. The fourth-order valence-electron chi connectivity index (χ4n) is 15.3. The first kappa shape index (κ1) is 56.8. The Morgan fingerprint density at radius 1 is 0.200 bits per heavy atom. The molecular weight excluding hydrogens is 1220 g/mol. The van der Waals surface area contributed by atoms with Gasteiger partial charge in [0.15, 0.2) is 11.6 Å². The van der Waals surface area contributed by atoms with Gasteiger partial charge in [-0.1, -0.05) is 255 Å². The van der Waals surface area contributed by atoms with Gasteiger partial charge in [-0.25, -0.2) is 19.9 Å². The van der Waals surface area contributed by atoms with Crippen LogP contribution in [0, 0.1) is 0 Å². The molecule has 0 aliphatic rings. The van der Waals surface area contributed by atoms with Gasteiger partial charge in [-0.15, -0.1) is 0 Å². The Morgan fingerprint density at radius 2 is 0.620 bits per heavy atom. The zero-order chi connectivity index (χ0) is 65.8. The number of benzene rings is 14. The summed E-state index contributed by atoms with van der Waals surface area (Å²) in [6, 6.07) is 119. The minimum absolute atomic E-state index is 0.556. The van der Waals surface area contributed by atoms with Crippen molar-refractivity contribution in [3.05, 3.63) is 340 Å². The minimum atomic E-state index is 0.556. The van der Waals surface area contributed by atoms with Crippen LogP contribution in [0.15, 0.2) is 349 Å². The van der Waals surface area contributed by atoms with Crippen LogP contribution in [0.3, 0.4) is 0 Å². The van der Waals surface area contributed by atoms with Gasteiger partial charge in [-0.2, -0.15) is 0 Å². The highest BCUT2D eigenvalue weighted by Crippen LogP contribution is 2.48. The number of hydrogen-bond acceptors (Lipinski definition) is 6. The van der Waals surface area contributed by atoms with E-state index in [4.69, 9.17) is 28.8 Å². The maximum absolute atomic E-state index is 7.52. The first-order valence-corrected chi connectivity index (χ1v) is 33.8. The van der Waals surface area contributed by atoms with E-state index in [1.165, 1.54) is 16.2 Å². The van der Waals surface area contributed by atoms with Gasteiger partial charge >= 0.3 is 0 Å². The molecule has 100 heavy (non-hydrogen) atoms. The second kappa shape index (κ2) is 23.1. The Kier molecular flexibility index (Phi) is 13.1. The lowest BCUT2D eigenvalue weighted by molar-refractivity contribution is 0.670. The van der Waals surface area contributed by atoms with E-state index in [1.807, 2.05) is 42.5 Å². The maximum atomic E-state index is 7.52. The molecule has 0 saturated carbocycles. The lowest BCUT2D eigenvalue weighted by Gasteiger charge is -2.12. The molecule has 6 heterocycles. The summed E-state index contributed by atoms with van der Waals surface area (Å²) in [7, 11) is 0. The van der Waals surface area contributed by atoms with Crippen molar-refractivity contribution in [3.63, 3.8) is 0 Å². The van der Waals surface area contributed by atoms with E-state index >= 15 is 0 Å². The van der Waals surface area contributed by atoms with Gasteiger partial charge < -0.3 is 18.0 Å². The quantitative estimate of drug-likeness (QED) is 0.128. The zero-order valence-corrected chi connectivity index (χ0v) is 53.8. The highest BCUT2D eigenvalue weighted by molar-refractivity contribution is 6.22. The number of nitrogens with zero attached hydrogens (tertiary/aromatic N) is 6. The van der Waals surface area contributed by atoms with Crippen molar-refractivity contribution < 1.29 is 8.83 Å². The average molecular weight is 1280 g/mol. The predicted molar refractivity (Wildman–Crippen MR) is 410 cm³/mol. The largest absolute Gasteiger partial charge is 0.455 e. The lowest BCUT2D eigenvalue weighted by Crippen LogP contribution is -1.97. The SMILES string of the molecule is c1ccc(-c2cc(-c3cccc4c3oc3c(-c5cccc6c5c5ccccc5n6-c5ccccc5)cccc34)nc(-c3cccc(-c4ccc(-c5nc(-c6ccccc6)cc(-c6ccccc6)n5)c5oc6c(-c7ccc8c(c7)c7ccccc7n8-c7ccccc7)cccc6c45)c3)n2)cc1. The van der Waals surface area contributed by atoms with Crippen molar-refractivity contribution in [1.29, 1.82) is 0 Å². The van der Waals surface area contributed by atoms with E-state index < -0.39 is 0 Å². The molecule has 20 aromatic rings. The van der Waals surface area contributed by atoms with Crippen molar-refractivity contribution in [2.75, 3.05) is 0 Å². The van der Waals surface area contributed by atoms with Gasteiger partial charge in [0.25, 0.3) is 0 Å². The first-order chi connectivity index (χ1) is 49.6. The third kappa shape index (κ3) is 9.23. The number of furan rings is 2. The van der Waals surface area contributed by atoms with E-state index in [0.29, 0.717) is 17.2 Å². The van der Waals surface area contributed by atoms with Gasteiger partial charge in [0.05, 0.1) is 50.4 Å². The van der Waals surface area contributed by atoms with Crippen molar-refractivity contribution in [1.82, 2.24) is 29.1 Å². The normalized spacial score (nSPS) is 11.8. The lowest BCUT2D eigenvalue weighted by atomic mass is 9.94. The van der Waals surface area contributed by atoms with E-state index in [0.717, 1.165) is 167 Å². The Bertz CT molecular complexity index is 6570. The van der Waals surface area contributed by atoms with E-state index in [9.17, 15) is 0 Å². The third-order valence-electron chi connectivity index (χ3n) is 19.8. The monoisotopic (exact) mass is 1280 g/mol. The highest BCUT2D eigenvalue weighted by Gasteiger charge is 2.26. The molecule has 0 aliphatic heterocycles. The molecule has 8 heteroatoms. The fourth-order valence-corrected chi connectivity index (χ4v) is 15.3. The van der Waals surface area contributed by atoms with Gasteiger partial charge in [-0.05, 0) is 107 Å². The molecule has 6 aromatic heterocycles. The fraction of sp³-hybridized carbons (Fsp3) is 0. The standard InChI is InChI=1S/C92H56N6O2/c1-6-25-57(26-7-1)77-55-78(58-27-8-2-9-28-58)95-92(94-77)75-51-50-65(86-74-45-21-39-66(87(74)100-90(75)86)61-49-52-83-76(54-61)67-37-16-18-46-81(67)97(83)63-33-12-4-13-34-63)60-31-20-32-62(53-60)91-93-79(59-29-10-3-11-30-59)56-80(96-91)72-44-23-43-71-70-42-22-41-69(88(70)99-89(71)72)68-40-24-48-84-85(68)73-38-17-19-47-82(73)98(84)64-35-14-5-15-36-64/h1-56H. The number of para-hydroxylation sites is 7. The Labute approximate surface area is 574 Å².